The van der Waals surface area contributed by atoms with Gasteiger partial charge in [-0.15, -0.1) is 0 Å². The van der Waals surface area contributed by atoms with E-state index >= 15 is 0 Å². The summed E-state index contributed by atoms with van der Waals surface area (Å²) < 4.78 is 15.8. The first kappa shape index (κ1) is 11.5. The summed E-state index contributed by atoms with van der Waals surface area (Å²) in [5.74, 6) is -1.35. The molecule has 5 heteroatoms. The van der Waals surface area contributed by atoms with Gasteiger partial charge in [0, 0.05) is 19.3 Å². The average Bonchev–Trinajstić information content (AvgIpc) is 2.71. The molecule has 5 nitrogen and oxygen atoms in total. The first-order valence-electron chi connectivity index (χ1n) is 5.42. The lowest BCUT2D eigenvalue weighted by Gasteiger charge is -2.39. The number of hydrogen-bond acceptors (Lipinski definition) is 5. The van der Waals surface area contributed by atoms with Crippen LogP contribution in [-0.2, 0) is 23.8 Å². The zero-order valence-corrected chi connectivity index (χ0v) is 9.58. The minimum atomic E-state index is -1.13. The van der Waals surface area contributed by atoms with Crippen LogP contribution in [0.3, 0.4) is 0 Å². The number of rotatable bonds is 1. The van der Waals surface area contributed by atoms with Crippen molar-refractivity contribution < 1.29 is 23.8 Å². The Morgan fingerprint density at radius 1 is 1.38 bits per heavy atom. The van der Waals surface area contributed by atoms with Crippen LogP contribution in [0.15, 0.2) is 0 Å². The van der Waals surface area contributed by atoms with E-state index in [2.05, 4.69) is 0 Å². The molecule has 1 atom stereocenters. The monoisotopic (exact) mass is 228 g/mol. The second-order valence-electron chi connectivity index (χ2n) is 4.53. The number of ketones is 1. The molecule has 1 spiro atoms. The number of Topliss-reactive ketones (excluding diaryl/α,β-unsaturated/α-hetero) is 1. The summed E-state index contributed by atoms with van der Waals surface area (Å²) >= 11 is 0. The summed E-state index contributed by atoms with van der Waals surface area (Å²) in [6, 6.07) is 0. The molecular weight excluding hydrogens is 212 g/mol. The van der Waals surface area contributed by atoms with E-state index in [1.165, 1.54) is 7.11 Å². The van der Waals surface area contributed by atoms with Gasteiger partial charge in [-0.3, -0.25) is 9.59 Å². The third-order valence-electron chi connectivity index (χ3n) is 3.42. The van der Waals surface area contributed by atoms with E-state index in [1.807, 2.05) is 0 Å². The molecule has 0 amide bonds. The highest BCUT2D eigenvalue weighted by atomic mass is 16.7. The maximum Gasteiger partial charge on any atom is 0.319 e. The molecule has 1 saturated carbocycles. The molecule has 1 aliphatic carbocycles. The molecule has 2 fully saturated rings. The Balaban J connectivity index is 2.23. The molecule has 0 aromatic carbocycles. The Labute approximate surface area is 94.0 Å². The van der Waals surface area contributed by atoms with Gasteiger partial charge in [0.15, 0.2) is 5.79 Å². The third-order valence-corrected chi connectivity index (χ3v) is 3.42. The average molecular weight is 228 g/mol. The van der Waals surface area contributed by atoms with E-state index in [1.54, 1.807) is 6.92 Å². The van der Waals surface area contributed by atoms with Gasteiger partial charge in [0.2, 0.25) is 0 Å². The normalized spacial score (nSPS) is 33.0. The van der Waals surface area contributed by atoms with Gasteiger partial charge < -0.3 is 14.2 Å². The molecule has 2 rings (SSSR count). The van der Waals surface area contributed by atoms with Crippen molar-refractivity contribution in [1.29, 1.82) is 0 Å². The standard InChI is InChI=1S/C11H16O5/c1-10(9(13)14-2)7-11(4-3-8(10)12)15-5-6-16-11/h3-7H2,1-2H3. The zero-order valence-electron chi connectivity index (χ0n) is 9.58. The second-order valence-corrected chi connectivity index (χ2v) is 4.53. The molecule has 0 N–H and O–H groups in total. The Morgan fingerprint density at radius 3 is 2.56 bits per heavy atom. The second kappa shape index (κ2) is 3.82. The van der Waals surface area contributed by atoms with Gasteiger partial charge in [0.25, 0.3) is 0 Å². The van der Waals surface area contributed by atoms with Crippen molar-refractivity contribution >= 4 is 11.8 Å². The highest BCUT2D eigenvalue weighted by Crippen LogP contribution is 2.44. The van der Waals surface area contributed by atoms with E-state index < -0.39 is 17.2 Å². The Kier molecular flexibility index (Phi) is 2.75. The van der Waals surface area contributed by atoms with Crippen molar-refractivity contribution in [2.24, 2.45) is 5.41 Å². The number of hydrogen-bond donors (Lipinski definition) is 0. The van der Waals surface area contributed by atoms with Crippen LogP contribution < -0.4 is 0 Å². The summed E-state index contributed by atoms with van der Waals surface area (Å²) in [5.41, 5.74) is -1.13. The molecule has 1 aliphatic heterocycles. The molecule has 0 bridgehead atoms. The van der Waals surface area contributed by atoms with E-state index in [-0.39, 0.29) is 12.2 Å². The van der Waals surface area contributed by atoms with E-state index in [4.69, 9.17) is 14.2 Å². The SMILES string of the molecule is COC(=O)C1(C)CC2(CCC1=O)OCCO2. The largest absolute Gasteiger partial charge is 0.468 e. The van der Waals surface area contributed by atoms with Crippen LogP contribution in [-0.4, -0.2) is 37.9 Å². The first-order chi connectivity index (χ1) is 7.52. The molecule has 1 unspecified atom stereocenters. The van der Waals surface area contributed by atoms with Crippen molar-refractivity contribution in [3.63, 3.8) is 0 Å². The van der Waals surface area contributed by atoms with Crippen LogP contribution in [0.5, 0.6) is 0 Å². The number of esters is 1. The Bertz CT molecular complexity index is 308. The van der Waals surface area contributed by atoms with Crippen LogP contribution in [0.1, 0.15) is 26.2 Å². The Hall–Kier alpha value is -0.940. The minimum absolute atomic E-state index is 0.0934. The maximum absolute atomic E-state index is 11.8. The number of carbonyl (C=O) groups is 2. The van der Waals surface area contributed by atoms with Gasteiger partial charge in [-0.05, 0) is 6.92 Å². The van der Waals surface area contributed by atoms with Crippen LogP contribution >= 0.6 is 0 Å². The zero-order chi connectivity index (χ0) is 11.8. The van der Waals surface area contributed by atoms with E-state index in [0.717, 1.165) is 0 Å². The predicted molar refractivity (Wildman–Crippen MR) is 53.6 cm³/mol. The molecule has 16 heavy (non-hydrogen) atoms. The lowest BCUT2D eigenvalue weighted by Crippen LogP contribution is -2.50. The molecule has 1 saturated heterocycles. The van der Waals surface area contributed by atoms with E-state index in [0.29, 0.717) is 26.1 Å². The summed E-state index contributed by atoms with van der Waals surface area (Å²) in [5, 5.41) is 0. The van der Waals surface area contributed by atoms with Gasteiger partial charge in [0.05, 0.1) is 20.3 Å². The maximum atomic E-state index is 11.8. The fourth-order valence-electron chi connectivity index (χ4n) is 2.46. The minimum Gasteiger partial charge on any atom is -0.468 e. The highest BCUT2D eigenvalue weighted by Gasteiger charge is 2.55. The lowest BCUT2D eigenvalue weighted by molar-refractivity contribution is -0.207. The number of methoxy groups -OCH3 is 1. The lowest BCUT2D eigenvalue weighted by atomic mass is 9.71. The van der Waals surface area contributed by atoms with Gasteiger partial charge in [-0.25, -0.2) is 0 Å². The van der Waals surface area contributed by atoms with Gasteiger partial charge in [-0.2, -0.15) is 0 Å². The van der Waals surface area contributed by atoms with Crippen molar-refractivity contribution in [3.8, 4) is 0 Å². The number of carbonyl (C=O) groups excluding carboxylic acids is 2. The molecule has 0 aromatic rings. The smallest absolute Gasteiger partial charge is 0.319 e. The van der Waals surface area contributed by atoms with Crippen molar-refractivity contribution in [2.45, 2.75) is 32.0 Å². The van der Waals surface area contributed by atoms with Crippen molar-refractivity contribution in [1.82, 2.24) is 0 Å². The fraction of sp³-hybridized carbons (Fsp3) is 0.818. The predicted octanol–water partition coefficient (Wildman–Crippen LogP) is 0.662. The van der Waals surface area contributed by atoms with Gasteiger partial charge in [-0.1, -0.05) is 0 Å². The van der Waals surface area contributed by atoms with E-state index in [9.17, 15) is 9.59 Å². The topological polar surface area (TPSA) is 61.8 Å². The molecular formula is C11H16O5. The fourth-order valence-corrected chi connectivity index (χ4v) is 2.46. The van der Waals surface area contributed by atoms with Crippen LogP contribution in [0.4, 0.5) is 0 Å². The first-order valence-corrected chi connectivity index (χ1v) is 5.42. The summed E-state index contributed by atoms with van der Waals surface area (Å²) in [6.07, 6.45) is 1.08. The third kappa shape index (κ3) is 1.64. The van der Waals surface area contributed by atoms with Crippen LogP contribution in [0.2, 0.25) is 0 Å². The molecule has 0 radical (unpaired) electrons. The van der Waals surface area contributed by atoms with Gasteiger partial charge in [0.1, 0.15) is 11.2 Å². The molecule has 2 aliphatic rings. The number of ether oxygens (including phenoxy) is 3. The summed E-state index contributed by atoms with van der Waals surface area (Å²) in [6.45, 7) is 2.64. The summed E-state index contributed by atoms with van der Waals surface area (Å²) in [7, 11) is 1.29. The Morgan fingerprint density at radius 2 is 2.00 bits per heavy atom. The summed E-state index contributed by atoms with van der Waals surface area (Å²) in [4.78, 5) is 23.5. The van der Waals surface area contributed by atoms with Crippen molar-refractivity contribution in [3.05, 3.63) is 0 Å². The van der Waals surface area contributed by atoms with Crippen molar-refractivity contribution in [2.75, 3.05) is 20.3 Å². The highest BCUT2D eigenvalue weighted by molar-refractivity contribution is 6.04. The molecule has 1 heterocycles. The van der Waals surface area contributed by atoms with Gasteiger partial charge >= 0.3 is 5.97 Å². The molecule has 90 valence electrons. The molecule has 0 aromatic heterocycles. The van der Waals surface area contributed by atoms with Crippen LogP contribution in [0.25, 0.3) is 0 Å². The van der Waals surface area contributed by atoms with Crippen LogP contribution in [0, 0.1) is 5.41 Å². The quantitative estimate of drug-likeness (QED) is 0.487.